The van der Waals surface area contributed by atoms with Gasteiger partial charge in [-0.15, -0.1) is 24.0 Å². The van der Waals surface area contributed by atoms with E-state index in [0.717, 1.165) is 29.2 Å². The Bertz CT molecular complexity index is 1090. The lowest BCUT2D eigenvalue weighted by molar-refractivity contribution is 0.792. The summed E-state index contributed by atoms with van der Waals surface area (Å²) in [5.74, 6) is 0.754. The van der Waals surface area contributed by atoms with Gasteiger partial charge >= 0.3 is 0 Å². The number of aromatic nitrogens is 3. The second-order valence-electron chi connectivity index (χ2n) is 6.78. The van der Waals surface area contributed by atoms with Gasteiger partial charge in [-0.05, 0) is 35.4 Å². The number of hydrogen-bond acceptors (Lipinski definition) is 3. The Morgan fingerprint density at radius 3 is 2.37 bits per heavy atom. The van der Waals surface area contributed by atoms with Gasteiger partial charge in [0.2, 0.25) is 0 Å². The van der Waals surface area contributed by atoms with E-state index in [4.69, 9.17) is 0 Å². The molecule has 0 saturated carbocycles. The highest BCUT2D eigenvalue weighted by Crippen LogP contribution is 2.14. The second kappa shape index (κ2) is 10.7. The lowest BCUT2D eigenvalue weighted by atomic mass is 10.1. The third-order valence-corrected chi connectivity index (χ3v) is 4.75. The summed E-state index contributed by atoms with van der Waals surface area (Å²) in [6, 6.07) is 22.7. The van der Waals surface area contributed by atoms with E-state index in [-0.39, 0.29) is 24.0 Å². The van der Waals surface area contributed by atoms with Crippen LogP contribution < -0.4 is 10.6 Å². The predicted octanol–water partition coefficient (Wildman–Crippen LogP) is 3.96. The number of para-hydroxylation sites is 2. The molecule has 0 atom stereocenters. The van der Waals surface area contributed by atoms with E-state index in [1.807, 2.05) is 42.7 Å². The molecule has 4 aromatic rings. The van der Waals surface area contributed by atoms with Gasteiger partial charge in [0.05, 0.1) is 29.6 Å². The minimum Gasteiger partial charge on any atom is -0.352 e. The third kappa shape index (κ3) is 5.56. The molecule has 30 heavy (non-hydrogen) atoms. The molecule has 2 N–H and O–H groups in total. The largest absolute Gasteiger partial charge is 0.352 e. The number of rotatable bonds is 6. The van der Waals surface area contributed by atoms with Crippen molar-refractivity contribution in [1.82, 2.24) is 25.2 Å². The molecule has 2 aromatic heterocycles. The van der Waals surface area contributed by atoms with E-state index in [1.54, 1.807) is 13.2 Å². The summed E-state index contributed by atoms with van der Waals surface area (Å²) in [5.41, 5.74) is 5.60. The number of hydrogen-bond donors (Lipinski definition) is 2. The normalized spacial score (nSPS) is 11.2. The lowest BCUT2D eigenvalue weighted by Crippen LogP contribution is -2.36. The van der Waals surface area contributed by atoms with Crippen LogP contribution in [0.4, 0.5) is 0 Å². The Hall–Kier alpha value is -2.94. The average Bonchev–Trinajstić information content (AvgIpc) is 3.18. The molecule has 0 saturated heterocycles. The Morgan fingerprint density at radius 1 is 0.867 bits per heavy atom. The van der Waals surface area contributed by atoms with Crippen LogP contribution in [0.25, 0.3) is 11.0 Å². The molecule has 0 aliphatic carbocycles. The van der Waals surface area contributed by atoms with Gasteiger partial charge < -0.3 is 15.2 Å². The Kier molecular flexibility index (Phi) is 7.78. The van der Waals surface area contributed by atoms with Crippen molar-refractivity contribution in [3.63, 3.8) is 0 Å². The summed E-state index contributed by atoms with van der Waals surface area (Å²) in [6.07, 6.45) is 3.69. The fraction of sp³-hybridized carbons (Fsp3) is 0.174. The van der Waals surface area contributed by atoms with E-state index in [1.165, 1.54) is 11.1 Å². The van der Waals surface area contributed by atoms with Crippen molar-refractivity contribution in [3.8, 4) is 0 Å². The zero-order valence-corrected chi connectivity index (χ0v) is 19.2. The first-order chi connectivity index (χ1) is 14.3. The molecule has 2 aromatic carbocycles. The van der Waals surface area contributed by atoms with E-state index in [9.17, 15) is 0 Å². The van der Waals surface area contributed by atoms with Gasteiger partial charge in [-0.1, -0.05) is 42.5 Å². The fourth-order valence-electron chi connectivity index (χ4n) is 3.18. The number of fused-ring (bicyclic) bond motifs is 1. The van der Waals surface area contributed by atoms with Crippen LogP contribution in [-0.4, -0.2) is 27.5 Å². The number of halogens is 1. The molecule has 0 fully saturated rings. The Labute approximate surface area is 193 Å². The molecule has 7 heteroatoms. The first kappa shape index (κ1) is 21.8. The fourth-order valence-corrected chi connectivity index (χ4v) is 3.18. The molecule has 0 aliphatic rings. The van der Waals surface area contributed by atoms with Crippen molar-refractivity contribution in [2.24, 2.45) is 4.99 Å². The maximum absolute atomic E-state index is 4.46. The summed E-state index contributed by atoms with van der Waals surface area (Å²) in [4.78, 5) is 13.0. The summed E-state index contributed by atoms with van der Waals surface area (Å²) in [5, 5.41) is 6.62. The highest BCUT2D eigenvalue weighted by Gasteiger charge is 2.03. The van der Waals surface area contributed by atoms with E-state index in [2.05, 4.69) is 60.5 Å². The number of pyridine rings is 1. The molecule has 0 unspecified atom stereocenters. The zero-order chi connectivity index (χ0) is 19.9. The topological polar surface area (TPSA) is 67.1 Å². The van der Waals surface area contributed by atoms with Gasteiger partial charge in [0.1, 0.15) is 0 Å². The average molecular weight is 512 g/mol. The molecular weight excluding hydrogens is 487 g/mol. The quantitative estimate of drug-likeness (QED) is 0.233. The first-order valence-corrected chi connectivity index (χ1v) is 9.64. The van der Waals surface area contributed by atoms with Crippen molar-refractivity contribution >= 4 is 41.0 Å². The van der Waals surface area contributed by atoms with Gasteiger partial charge in [0.15, 0.2) is 5.96 Å². The minimum absolute atomic E-state index is 0. The molecule has 4 rings (SSSR count). The highest BCUT2D eigenvalue weighted by atomic mass is 127. The van der Waals surface area contributed by atoms with Crippen LogP contribution in [0.2, 0.25) is 0 Å². The Morgan fingerprint density at radius 2 is 1.60 bits per heavy atom. The number of nitrogens with one attached hydrogen (secondary N) is 2. The smallest absolute Gasteiger partial charge is 0.191 e. The maximum Gasteiger partial charge on any atom is 0.191 e. The van der Waals surface area contributed by atoms with E-state index < -0.39 is 0 Å². The van der Waals surface area contributed by atoms with Gasteiger partial charge in [-0.3, -0.25) is 9.98 Å². The molecule has 0 bridgehead atoms. The molecule has 0 aliphatic heterocycles. The van der Waals surface area contributed by atoms with Crippen LogP contribution in [0.5, 0.6) is 0 Å². The minimum atomic E-state index is 0. The molecule has 0 spiro atoms. The van der Waals surface area contributed by atoms with Crippen LogP contribution >= 0.6 is 24.0 Å². The molecule has 0 radical (unpaired) electrons. The van der Waals surface area contributed by atoms with Crippen molar-refractivity contribution in [1.29, 1.82) is 0 Å². The molecule has 154 valence electrons. The van der Waals surface area contributed by atoms with Crippen LogP contribution in [0, 0.1) is 0 Å². The van der Waals surface area contributed by atoms with Gasteiger partial charge in [0.25, 0.3) is 0 Å². The molecule has 6 nitrogen and oxygen atoms in total. The SMILES string of the molecule is CN=C(NCc1ccc(Cn2cnc3ccccc32)cc1)NCc1ccccn1.I. The highest BCUT2D eigenvalue weighted by molar-refractivity contribution is 14.0. The van der Waals surface area contributed by atoms with Gasteiger partial charge in [-0.2, -0.15) is 0 Å². The first-order valence-electron chi connectivity index (χ1n) is 9.64. The predicted molar refractivity (Wildman–Crippen MR) is 132 cm³/mol. The van der Waals surface area contributed by atoms with E-state index >= 15 is 0 Å². The van der Waals surface area contributed by atoms with Crippen LogP contribution in [-0.2, 0) is 19.6 Å². The van der Waals surface area contributed by atoms with Crippen molar-refractivity contribution in [2.45, 2.75) is 19.6 Å². The van der Waals surface area contributed by atoms with Crippen LogP contribution in [0.3, 0.4) is 0 Å². The zero-order valence-electron chi connectivity index (χ0n) is 16.8. The monoisotopic (exact) mass is 512 g/mol. The lowest BCUT2D eigenvalue weighted by Gasteiger charge is -2.12. The standard InChI is InChI=1S/C23H24N6.HI/c1-24-23(27-15-20-6-4-5-13-25-20)26-14-18-9-11-19(12-10-18)16-29-17-28-21-7-2-3-8-22(21)29;/h2-13,17H,14-16H2,1H3,(H2,24,26,27);1H. The molecular formula is C23H25IN6. The Balaban J connectivity index is 0.00000256. The van der Waals surface area contributed by atoms with Crippen molar-refractivity contribution < 1.29 is 0 Å². The van der Waals surface area contributed by atoms with E-state index in [0.29, 0.717) is 13.1 Å². The maximum atomic E-state index is 4.46. The van der Waals surface area contributed by atoms with Crippen molar-refractivity contribution in [3.05, 3.63) is 96.1 Å². The summed E-state index contributed by atoms with van der Waals surface area (Å²) >= 11 is 0. The summed E-state index contributed by atoms with van der Waals surface area (Å²) in [7, 11) is 1.77. The van der Waals surface area contributed by atoms with Gasteiger partial charge in [-0.25, -0.2) is 4.98 Å². The number of benzene rings is 2. The van der Waals surface area contributed by atoms with Crippen LogP contribution in [0.1, 0.15) is 16.8 Å². The number of aliphatic imine (C=N–C) groups is 1. The molecule has 0 amide bonds. The van der Waals surface area contributed by atoms with Crippen LogP contribution in [0.15, 0.2) is 84.2 Å². The third-order valence-electron chi connectivity index (χ3n) is 4.75. The summed E-state index contributed by atoms with van der Waals surface area (Å²) in [6.45, 7) is 2.15. The van der Waals surface area contributed by atoms with Crippen molar-refractivity contribution in [2.75, 3.05) is 7.05 Å². The summed E-state index contributed by atoms with van der Waals surface area (Å²) < 4.78 is 2.17. The number of guanidine groups is 1. The second-order valence-corrected chi connectivity index (χ2v) is 6.78. The molecule has 2 heterocycles. The number of imidazole rings is 1. The van der Waals surface area contributed by atoms with Gasteiger partial charge in [0, 0.05) is 26.3 Å². The number of nitrogens with zero attached hydrogens (tertiary/aromatic N) is 4.